The van der Waals surface area contributed by atoms with E-state index < -0.39 is 11.9 Å². The lowest BCUT2D eigenvalue weighted by Gasteiger charge is -2.12. The molecular weight excluding hydrogens is 279 g/mol. The Morgan fingerprint density at radius 1 is 1.15 bits per heavy atom. The topological polar surface area (TPSA) is 29.5 Å². The molecule has 0 spiro atoms. The maximum atomic E-state index is 13.9. The molecule has 0 aliphatic heterocycles. The van der Waals surface area contributed by atoms with E-state index >= 15 is 0 Å². The lowest BCUT2D eigenvalue weighted by Crippen LogP contribution is -1.95. The standard InChI is InChI=1S/C16H16ClFO2/c1-9-6-13(7-10(2)16(9)17)20-15-5-4-12(11(3)19)8-14(15)18/h4-8,11,19H,1-3H3. The third-order valence-corrected chi connectivity index (χ3v) is 3.67. The van der Waals surface area contributed by atoms with Crippen LogP contribution in [0.5, 0.6) is 11.5 Å². The number of ether oxygens (including phenoxy) is 1. The van der Waals surface area contributed by atoms with Crippen molar-refractivity contribution in [2.45, 2.75) is 26.9 Å². The van der Waals surface area contributed by atoms with Crippen molar-refractivity contribution in [1.29, 1.82) is 0 Å². The first-order valence-corrected chi connectivity index (χ1v) is 6.68. The van der Waals surface area contributed by atoms with Crippen molar-refractivity contribution < 1.29 is 14.2 Å². The second-order valence-corrected chi connectivity index (χ2v) is 5.22. The largest absolute Gasteiger partial charge is 0.454 e. The van der Waals surface area contributed by atoms with Gasteiger partial charge in [-0.1, -0.05) is 17.7 Å². The molecule has 4 heteroatoms. The zero-order valence-corrected chi connectivity index (χ0v) is 12.3. The smallest absolute Gasteiger partial charge is 0.166 e. The van der Waals surface area contributed by atoms with E-state index in [9.17, 15) is 9.50 Å². The Hall–Kier alpha value is -1.58. The Labute approximate surface area is 122 Å². The summed E-state index contributed by atoms with van der Waals surface area (Å²) in [7, 11) is 0. The minimum atomic E-state index is -0.710. The predicted molar refractivity (Wildman–Crippen MR) is 78.0 cm³/mol. The second kappa shape index (κ2) is 5.81. The van der Waals surface area contributed by atoms with E-state index in [0.29, 0.717) is 16.3 Å². The maximum Gasteiger partial charge on any atom is 0.166 e. The number of aliphatic hydroxyl groups excluding tert-OH is 1. The molecule has 2 rings (SSSR count). The van der Waals surface area contributed by atoms with Crippen molar-refractivity contribution in [2.24, 2.45) is 0 Å². The lowest BCUT2D eigenvalue weighted by molar-refractivity contribution is 0.198. The number of halogens is 2. The van der Waals surface area contributed by atoms with Crippen molar-refractivity contribution >= 4 is 11.6 Å². The number of aryl methyl sites for hydroxylation is 2. The molecule has 0 saturated heterocycles. The van der Waals surface area contributed by atoms with Crippen LogP contribution in [0.25, 0.3) is 0 Å². The zero-order valence-electron chi connectivity index (χ0n) is 11.6. The highest BCUT2D eigenvalue weighted by atomic mass is 35.5. The Morgan fingerprint density at radius 2 is 1.75 bits per heavy atom. The van der Waals surface area contributed by atoms with Gasteiger partial charge in [-0.25, -0.2) is 4.39 Å². The van der Waals surface area contributed by atoms with Crippen molar-refractivity contribution in [3.8, 4) is 11.5 Å². The van der Waals surface area contributed by atoms with Gasteiger partial charge in [-0.3, -0.25) is 0 Å². The van der Waals surface area contributed by atoms with Crippen molar-refractivity contribution in [3.63, 3.8) is 0 Å². The summed E-state index contributed by atoms with van der Waals surface area (Å²) in [5, 5.41) is 10.1. The minimum absolute atomic E-state index is 0.121. The van der Waals surface area contributed by atoms with Gasteiger partial charge < -0.3 is 9.84 Å². The van der Waals surface area contributed by atoms with Gasteiger partial charge in [0.25, 0.3) is 0 Å². The van der Waals surface area contributed by atoms with Gasteiger partial charge in [-0.15, -0.1) is 0 Å². The highest BCUT2D eigenvalue weighted by Crippen LogP contribution is 2.31. The van der Waals surface area contributed by atoms with Gasteiger partial charge in [0.1, 0.15) is 5.75 Å². The Kier molecular flexibility index (Phi) is 4.31. The van der Waals surface area contributed by atoms with E-state index in [1.165, 1.54) is 12.1 Å². The normalized spacial score (nSPS) is 12.3. The van der Waals surface area contributed by atoms with Gasteiger partial charge in [0.2, 0.25) is 0 Å². The summed E-state index contributed by atoms with van der Waals surface area (Å²) < 4.78 is 19.5. The van der Waals surface area contributed by atoms with Gasteiger partial charge in [-0.05, 0) is 61.7 Å². The van der Waals surface area contributed by atoms with Crippen LogP contribution in [0, 0.1) is 19.7 Å². The monoisotopic (exact) mass is 294 g/mol. The van der Waals surface area contributed by atoms with Crippen molar-refractivity contribution in [2.75, 3.05) is 0 Å². The van der Waals surface area contributed by atoms with Crippen LogP contribution in [-0.4, -0.2) is 5.11 Å². The van der Waals surface area contributed by atoms with Crippen LogP contribution in [0.1, 0.15) is 29.7 Å². The number of hydrogen-bond acceptors (Lipinski definition) is 2. The first-order chi connectivity index (χ1) is 9.38. The fraction of sp³-hybridized carbons (Fsp3) is 0.250. The maximum absolute atomic E-state index is 13.9. The third kappa shape index (κ3) is 3.11. The quantitative estimate of drug-likeness (QED) is 0.868. The van der Waals surface area contributed by atoms with Crippen molar-refractivity contribution in [1.82, 2.24) is 0 Å². The molecule has 0 aromatic heterocycles. The van der Waals surface area contributed by atoms with Crippen LogP contribution in [0.15, 0.2) is 30.3 Å². The van der Waals surface area contributed by atoms with Gasteiger partial charge in [-0.2, -0.15) is 0 Å². The van der Waals surface area contributed by atoms with Crippen LogP contribution < -0.4 is 4.74 Å². The molecule has 0 aliphatic rings. The molecular formula is C16H16ClFO2. The highest BCUT2D eigenvalue weighted by Gasteiger charge is 2.10. The summed E-state index contributed by atoms with van der Waals surface area (Å²) in [4.78, 5) is 0. The number of hydrogen-bond donors (Lipinski definition) is 1. The van der Waals surface area contributed by atoms with E-state index in [2.05, 4.69) is 0 Å². The van der Waals surface area contributed by atoms with Crippen LogP contribution in [0.2, 0.25) is 5.02 Å². The molecule has 0 saturated carbocycles. The summed E-state index contributed by atoms with van der Waals surface area (Å²) in [5.41, 5.74) is 2.27. The fourth-order valence-corrected chi connectivity index (χ4v) is 2.06. The van der Waals surface area contributed by atoms with Gasteiger partial charge in [0.15, 0.2) is 11.6 Å². The second-order valence-electron chi connectivity index (χ2n) is 4.84. The molecule has 106 valence electrons. The lowest BCUT2D eigenvalue weighted by atomic mass is 10.1. The van der Waals surface area contributed by atoms with Gasteiger partial charge in [0, 0.05) is 5.02 Å². The highest BCUT2D eigenvalue weighted by molar-refractivity contribution is 6.32. The molecule has 2 nitrogen and oxygen atoms in total. The van der Waals surface area contributed by atoms with E-state index in [1.54, 1.807) is 25.1 Å². The molecule has 2 aromatic carbocycles. The minimum Gasteiger partial charge on any atom is -0.454 e. The van der Waals surface area contributed by atoms with Crippen LogP contribution in [0.3, 0.4) is 0 Å². The average molecular weight is 295 g/mol. The van der Waals surface area contributed by atoms with E-state index in [0.717, 1.165) is 11.1 Å². The predicted octanol–water partition coefficient (Wildman–Crippen LogP) is 4.94. The first kappa shape index (κ1) is 14.8. The SMILES string of the molecule is Cc1cc(Oc2ccc(C(C)O)cc2F)cc(C)c1Cl. The summed E-state index contributed by atoms with van der Waals surface area (Å²) in [6, 6.07) is 7.94. The molecule has 20 heavy (non-hydrogen) atoms. The van der Waals surface area contributed by atoms with Crippen LogP contribution in [-0.2, 0) is 0 Å². The van der Waals surface area contributed by atoms with E-state index in [4.69, 9.17) is 16.3 Å². The molecule has 1 N–H and O–H groups in total. The molecule has 1 atom stereocenters. The third-order valence-electron chi connectivity index (χ3n) is 3.08. The van der Waals surface area contributed by atoms with Crippen LogP contribution >= 0.6 is 11.6 Å². The first-order valence-electron chi connectivity index (χ1n) is 6.30. The summed E-state index contributed by atoms with van der Waals surface area (Å²) in [5.74, 6) is 0.150. The molecule has 0 aliphatic carbocycles. The molecule has 0 bridgehead atoms. The molecule has 0 amide bonds. The summed E-state index contributed by atoms with van der Waals surface area (Å²) in [6.07, 6.45) is -0.710. The molecule has 2 aromatic rings. The molecule has 1 unspecified atom stereocenters. The van der Waals surface area contributed by atoms with E-state index in [-0.39, 0.29) is 5.75 Å². The van der Waals surface area contributed by atoms with Crippen molar-refractivity contribution in [3.05, 3.63) is 57.9 Å². The molecule has 0 fully saturated rings. The Bertz CT molecular complexity index is 615. The van der Waals surface area contributed by atoms with Crippen LogP contribution in [0.4, 0.5) is 4.39 Å². The molecule has 0 radical (unpaired) electrons. The number of benzene rings is 2. The Balaban J connectivity index is 2.31. The number of rotatable bonds is 3. The summed E-state index contributed by atoms with van der Waals surface area (Å²) in [6.45, 7) is 5.32. The Morgan fingerprint density at radius 3 is 2.25 bits per heavy atom. The molecule has 0 heterocycles. The zero-order chi connectivity index (χ0) is 14.9. The van der Waals surface area contributed by atoms with Gasteiger partial charge in [0.05, 0.1) is 6.10 Å². The number of aliphatic hydroxyl groups is 1. The fourth-order valence-electron chi connectivity index (χ4n) is 1.95. The average Bonchev–Trinajstić information content (AvgIpc) is 2.38. The van der Waals surface area contributed by atoms with Gasteiger partial charge >= 0.3 is 0 Å². The summed E-state index contributed by atoms with van der Waals surface area (Å²) >= 11 is 6.08. The van der Waals surface area contributed by atoms with E-state index in [1.807, 2.05) is 13.8 Å².